The molecular formula is C14H19N3O3. The van der Waals surface area contributed by atoms with Crippen LogP contribution >= 0.6 is 0 Å². The fourth-order valence-corrected chi connectivity index (χ4v) is 2.21. The van der Waals surface area contributed by atoms with Crippen molar-refractivity contribution in [3.05, 3.63) is 18.2 Å². The van der Waals surface area contributed by atoms with Crippen molar-refractivity contribution in [2.75, 3.05) is 24.3 Å². The van der Waals surface area contributed by atoms with Gasteiger partial charge in [0.25, 0.3) is 0 Å². The second-order valence-electron chi connectivity index (χ2n) is 4.73. The van der Waals surface area contributed by atoms with E-state index >= 15 is 0 Å². The summed E-state index contributed by atoms with van der Waals surface area (Å²) in [7, 11) is 1.54. The predicted molar refractivity (Wildman–Crippen MR) is 77.0 cm³/mol. The Morgan fingerprint density at radius 3 is 2.75 bits per heavy atom. The maximum absolute atomic E-state index is 12.1. The largest absolute Gasteiger partial charge is 0.495 e. The lowest BCUT2D eigenvalue weighted by Gasteiger charge is -2.15. The van der Waals surface area contributed by atoms with E-state index in [9.17, 15) is 9.59 Å². The molecule has 3 N–H and O–H groups in total. The first-order valence-corrected chi connectivity index (χ1v) is 6.60. The zero-order valence-corrected chi connectivity index (χ0v) is 11.7. The molecule has 1 heterocycles. The quantitative estimate of drug-likeness (QED) is 0.776. The standard InChI is InChI=1S/C14H19N3O3/c1-9(18)16-10-5-6-13(20-2)12(8-10)17-14(19)11-4-3-7-15-11/h5-6,8,11,15H,3-4,7H2,1-2H3,(H,16,18)(H,17,19). The van der Waals surface area contributed by atoms with Crippen LogP contribution in [0.4, 0.5) is 11.4 Å². The Bertz CT molecular complexity index is 510. The minimum atomic E-state index is -0.163. The molecule has 1 aliphatic heterocycles. The van der Waals surface area contributed by atoms with Crippen LogP contribution in [0.25, 0.3) is 0 Å². The number of hydrogen-bond donors (Lipinski definition) is 3. The molecule has 1 aliphatic rings. The summed E-state index contributed by atoms with van der Waals surface area (Å²) >= 11 is 0. The average molecular weight is 277 g/mol. The molecule has 6 nitrogen and oxygen atoms in total. The van der Waals surface area contributed by atoms with Crippen LogP contribution in [0.5, 0.6) is 5.75 Å². The van der Waals surface area contributed by atoms with Crippen molar-refractivity contribution >= 4 is 23.2 Å². The van der Waals surface area contributed by atoms with E-state index < -0.39 is 0 Å². The van der Waals surface area contributed by atoms with Crippen molar-refractivity contribution in [3.63, 3.8) is 0 Å². The monoisotopic (exact) mass is 277 g/mol. The minimum Gasteiger partial charge on any atom is -0.495 e. The van der Waals surface area contributed by atoms with E-state index in [1.54, 1.807) is 18.2 Å². The van der Waals surface area contributed by atoms with Gasteiger partial charge >= 0.3 is 0 Å². The number of benzene rings is 1. The van der Waals surface area contributed by atoms with E-state index in [0.29, 0.717) is 17.1 Å². The second-order valence-corrected chi connectivity index (χ2v) is 4.73. The predicted octanol–water partition coefficient (Wildman–Crippen LogP) is 1.34. The highest BCUT2D eigenvalue weighted by atomic mass is 16.5. The molecule has 0 aliphatic carbocycles. The SMILES string of the molecule is COc1ccc(NC(C)=O)cc1NC(=O)C1CCCN1. The van der Waals surface area contributed by atoms with Gasteiger partial charge in [-0.05, 0) is 37.6 Å². The molecular weight excluding hydrogens is 258 g/mol. The van der Waals surface area contributed by atoms with Gasteiger partial charge in [0.1, 0.15) is 5.75 Å². The van der Waals surface area contributed by atoms with Gasteiger partial charge in [0.2, 0.25) is 11.8 Å². The summed E-state index contributed by atoms with van der Waals surface area (Å²) < 4.78 is 5.22. The summed E-state index contributed by atoms with van der Waals surface area (Å²) in [6.45, 7) is 2.30. The van der Waals surface area contributed by atoms with Crippen LogP contribution in [0.15, 0.2) is 18.2 Å². The number of carbonyl (C=O) groups excluding carboxylic acids is 2. The number of carbonyl (C=O) groups is 2. The molecule has 2 amide bonds. The van der Waals surface area contributed by atoms with Gasteiger partial charge in [-0.3, -0.25) is 9.59 Å². The van der Waals surface area contributed by atoms with Gasteiger partial charge < -0.3 is 20.7 Å². The first-order chi connectivity index (χ1) is 9.60. The van der Waals surface area contributed by atoms with Crippen molar-refractivity contribution in [2.24, 2.45) is 0 Å². The lowest BCUT2D eigenvalue weighted by Crippen LogP contribution is -2.35. The molecule has 1 saturated heterocycles. The second kappa shape index (κ2) is 6.38. The fourth-order valence-electron chi connectivity index (χ4n) is 2.21. The van der Waals surface area contributed by atoms with Crippen LogP contribution < -0.4 is 20.7 Å². The van der Waals surface area contributed by atoms with E-state index in [2.05, 4.69) is 16.0 Å². The highest BCUT2D eigenvalue weighted by molar-refractivity contribution is 5.97. The Morgan fingerprint density at radius 2 is 2.15 bits per heavy atom. The third-order valence-corrected chi connectivity index (χ3v) is 3.15. The first kappa shape index (κ1) is 14.3. The molecule has 108 valence electrons. The Kier molecular flexibility index (Phi) is 4.57. The lowest BCUT2D eigenvalue weighted by molar-refractivity contribution is -0.117. The number of nitrogens with one attached hydrogen (secondary N) is 3. The molecule has 0 saturated carbocycles. The lowest BCUT2D eigenvalue weighted by atomic mass is 10.2. The summed E-state index contributed by atoms with van der Waals surface area (Å²) in [4.78, 5) is 23.2. The molecule has 6 heteroatoms. The molecule has 1 fully saturated rings. The Morgan fingerprint density at radius 1 is 1.35 bits per heavy atom. The van der Waals surface area contributed by atoms with E-state index in [-0.39, 0.29) is 17.9 Å². The topological polar surface area (TPSA) is 79.5 Å². The number of methoxy groups -OCH3 is 1. The van der Waals surface area contributed by atoms with Gasteiger partial charge in [-0.1, -0.05) is 0 Å². The molecule has 1 aromatic rings. The van der Waals surface area contributed by atoms with Gasteiger partial charge in [0.15, 0.2) is 0 Å². The van der Waals surface area contributed by atoms with Crippen LogP contribution in [0.1, 0.15) is 19.8 Å². The van der Waals surface area contributed by atoms with Crippen molar-refractivity contribution < 1.29 is 14.3 Å². The fraction of sp³-hybridized carbons (Fsp3) is 0.429. The number of rotatable bonds is 4. The molecule has 1 aromatic carbocycles. The van der Waals surface area contributed by atoms with Crippen LogP contribution in [-0.4, -0.2) is 31.5 Å². The zero-order chi connectivity index (χ0) is 14.5. The van der Waals surface area contributed by atoms with Crippen LogP contribution in [0, 0.1) is 0 Å². The van der Waals surface area contributed by atoms with E-state index in [0.717, 1.165) is 19.4 Å². The number of hydrogen-bond acceptors (Lipinski definition) is 4. The molecule has 1 unspecified atom stereocenters. The van der Waals surface area contributed by atoms with Gasteiger partial charge in [-0.15, -0.1) is 0 Å². The maximum Gasteiger partial charge on any atom is 0.241 e. The summed E-state index contributed by atoms with van der Waals surface area (Å²) in [5.41, 5.74) is 1.17. The highest BCUT2D eigenvalue weighted by Crippen LogP contribution is 2.28. The molecule has 0 bridgehead atoms. The number of anilines is 2. The molecule has 2 rings (SSSR count). The molecule has 20 heavy (non-hydrogen) atoms. The maximum atomic E-state index is 12.1. The van der Waals surface area contributed by atoms with Crippen molar-refractivity contribution in [1.82, 2.24) is 5.32 Å². The Labute approximate surface area is 117 Å². The first-order valence-electron chi connectivity index (χ1n) is 6.60. The molecule has 0 radical (unpaired) electrons. The van der Waals surface area contributed by atoms with Crippen LogP contribution in [0.2, 0.25) is 0 Å². The molecule has 0 aromatic heterocycles. The number of amides is 2. The van der Waals surface area contributed by atoms with Crippen LogP contribution in [0.3, 0.4) is 0 Å². The Balaban J connectivity index is 2.14. The van der Waals surface area contributed by atoms with Gasteiger partial charge in [-0.2, -0.15) is 0 Å². The summed E-state index contributed by atoms with van der Waals surface area (Å²) in [6, 6.07) is 4.96. The number of ether oxygens (including phenoxy) is 1. The normalized spacial score (nSPS) is 17.6. The summed E-state index contributed by atoms with van der Waals surface area (Å²) in [5, 5.41) is 8.66. The molecule has 1 atom stereocenters. The third-order valence-electron chi connectivity index (χ3n) is 3.15. The van der Waals surface area contributed by atoms with Gasteiger partial charge in [0, 0.05) is 12.6 Å². The van der Waals surface area contributed by atoms with E-state index in [4.69, 9.17) is 4.74 Å². The third kappa shape index (κ3) is 3.48. The van der Waals surface area contributed by atoms with Gasteiger partial charge in [0.05, 0.1) is 18.8 Å². The van der Waals surface area contributed by atoms with Gasteiger partial charge in [-0.25, -0.2) is 0 Å². The summed E-state index contributed by atoms with van der Waals surface area (Å²) in [5.74, 6) is 0.316. The van der Waals surface area contributed by atoms with Crippen molar-refractivity contribution in [2.45, 2.75) is 25.8 Å². The van der Waals surface area contributed by atoms with E-state index in [1.165, 1.54) is 14.0 Å². The molecule has 0 spiro atoms. The Hall–Kier alpha value is -2.08. The van der Waals surface area contributed by atoms with Crippen molar-refractivity contribution in [1.29, 1.82) is 0 Å². The van der Waals surface area contributed by atoms with Crippen molar-refractivity contribution in [3.8, 4) is 5.75 Å². The average Bonchev–Trinajstić information content (AvgIpc) is 2.92. The smallest absolute Gasteiger partial charge is 0.241 e. The van der Waals surface area contributed by atoms with E-state index in [1.807, 2.05) is 0 Å². The zero-order valence-electron chi connectivity index (χ0n) is 11.7. The minimum absolute atomic E-state index is 0.0826. The summed E-state index contributed by atoms with van der Waals surface area (Å²) in [6.07, 6.45) is 1.83. The highest BCUT2D eigenvalue weighted by Gasteiger charge is 2.22. The van der Waals surface area contributed by atoms with Crippen LogP contribution in [-0.2, 0) is 9.59 Å².